The van der Waals surface area contributed by atoms with Gasteiger partial charge in [0.15, 0.2) is 9.84 Å². The van der Waals surface area contributed by atoms with Crippen LogP contribution in [0.1, 0.15) is 13.3 Å². The van der Waals surface area contributed by atoms with E-state index >= 15 is 0 Å². The molecule has 0 spiro atoms. The molecular formula is C9H15NO4S. The van der Waals surface area contributed by atoms with E-state index in [9.17, 15) is 13.2 Å². The van der Waals surface area contributed by atoms with Gasteiger partial charge in [-0.2, -0.15) is 0 Å². The first-order valence-electron chi connectivity index (χ1n) is 4.68. The number of hydrogen-bond acceptors (Lipinski definition) is 4. The summed E-state index contributed by atoms with van der Waals surface area (Å²) >= 11 is 0. The van der Waals surface area contributed by atoms with Crippen molar-refractivity contribution in [1.82, 2.24) is 5.32 Å². The standard InChI is InChI=1S/C9H15NO4S/c1-9(4-6-15(13,14)7-9)10-5-2-3-8(11)12/h2-3,10H,4-7H2,1H3,(H,11,12)/b3-2+. The third-order valence-corrected chi connectivity index (χ3v) is 4.31. The van der Waals surface area contributed by atoms with Gasteiger partial charge in [0.25, 0.3) is 0 Å². The molecule has 1 rings (SSSR count). The fourth-order valence-electron chi connectivity index (χ4n) is 1.61. The molecule has 1 aliphatic heterocycles. The number of hydrogen-bond donors (Lipinski definition) is 2. The summed E-state index contributed by atoms with van der Waals surface area (Å²) in [4.78, 5) is 10.2. The maximum atomic E-state index is 11.2. The normalized spacial score (nSPS) is 29.7. The second kappa shape index (κ2) is 4.32. The Morgan fingerprint density at radius 1 is 1.60 bits per heavy atom. The summed E-state index contributed by atoms with van der Waals surface area (Å²) in [7, 11) is -2.91. The number of carboxylic acid groups (broad SMARTS) is 1. The fraction of sp³-hybridized carbons (Fsp3) is 0.667. The topological polar surface area (TPSA) is 83.5 Å². The molecule has 1 aliphatic rings. The molecule has 0 saturated carbocycles. The zero-order valence-corrected chi connectivity index (χ0v) is 9.38. The predicted octanol–water partition coefficient (Wildman–Crippen LogP) is -0.206. The minimum absolute atomic E-state index is 0.126. The summed E-state index contributed by atoms with van der Waals surface area (Å²) in [5.41, 5.74) is -0.415. The second-order valence-corrected chi connectivity index (χ2v) is 6.21. The average molecular weight is 233 g/mol. The molecule has 15 heavy (non-hydrogen) atoms. The Labute approximate surface area is 89.1 Å². The molecule has 0 aromatic carbocycles. The zero-order chi connectivity index (χ0) is 11.5. The molecule has 1 heterocycles. The molecule has 86 valence electrons. The lowest BCUT2D eigenvalue weighted by molar-refractivity contribution is -0.131. The molecule has 0 radical (unpaired) electrons. The van der Waals surface area contributed by atoms with Crippen molar-refractivity contribution in [2.24, 2.45) is 0 Å². The first kappa shape index (κ1) is 12.2. The fourth-order valence-corrected chi connectivity index (χ4v) is 3.74. The van der Waals surface area contributed by atoms with Crippen LogP contribution in [0.3, 0.4) is 0 Å². The van der Waals surface area contributed by atoms with Crippen molar-refractivity contribution < 1.29 is 18.3 Å². The minimum atomic E-state index is -2.91. The van der Waals surface area contributed by atoms with Gasteiger partial charge in [0, 0.05) is 18.2 Å². The predicted molar refractivity (Wildman–Crippen MR) is 56.5 cm³/mol. The lowest BCUT2D eigenvalue weighted by Crippen LogP contribution is -2.43. The van der Waals surface area contributed by atoms with Gasteiger partial charge in [-0.15, -0.1) is 0 Å². The highest BCUT2D eigenvalue weighted by molar-refractivity contribution is 7.91. The van der Waals surface area contributed by atoms with Gasteiger partial charge in [0.2, 0.25) is 0 Å². The summed E-state index contributed by atoms with van der Waals surface area (Å²) in [6.07, 6.45) is 3.09. The van der Waals surface area contributed by atoms with E-state index in [4.69, 9.17) is 5.11 Å². The Morgan fingerprint density at radius 3 is 2.73 bits per heavy atom. The van der Waals surface area contributed by atoms with Gasteiger partial charge in [-0.3, -0.25) is 0 Å². The summed E-state index contributed by atoms with van der Waals surface area (Å²) in [6, 6.07) is 0. The number of nitrogens with one attached hydrogen (secondary N) is 1. The Hall–Kier alpha value is -0.880. The summed E-state index contributed by atoms with van der Waals surface area (Å²) < 4.78 is 22.5. The van der Waals surface area contributed by atoms with Gasteiger partial charge in [0.05, 0.1) is 11.5 Å². The smallest absolute Gasteiger partial charge is 0.328 e. The highest BCUT2D eigenvalue weighted by atomic mass is 32.2. The molecule has 0 aromatic heterocycles. The molecular weight excluding hydrogens is 218 g/mol. The summed E-state index contributed by atoms with van der Waals surface area (Å²) in [5, 5.41) is 11.4. The first-order valence-corrected chi connectivity index (χ1v) is 6.50. The van der Waals surface area contributed by atoms with E-state index < -0.39 is 21.3 Å². The number of sulfone groups is 1. The lowest BCUT2D eigenvalue weighted by atomic mass is 10.0. The Balaban J connectivity index is 2.43. The van der Waals surface area contributed by atoms with Crippen molar-refractivity contribution in [2.75, 3.05) is 18.1 Å². The number of aliphatic carboxylic acids is 1. The molecule has 6 heteroatoms. The third kappa shape index (κ3) is 4.01. The quantitative estimate of drug-likeness (QED) is 0.657. The molecule has 1 unspecified atom stereocenters. The maximum Gasteiger partial charge on any atom is 0.328 e. The highest BCUT2D eigenvalue weighted by Gasteiger charge is 2.37. The molecule has 2 N–H and O–H groups in total. The second-order valence-electron chi connectivity index (χ2n) is 4.02. The molecule has 0 bridgehead atoms. The monoisotopic (exact) mass is 233 g/mol. The number of carbonyl (C=O) groups is 1. The van der Waals surface area contributed by atoms with Crippen LogP contribution < -0.4 is 5.32 Å². The molecule has 1 saturated heterocycles. The zero-order valence-electron chi connectivity index (χ0n) is 8.56. The van der Waals surface area contributed by atoms with Gasteiger partial charge in [-0.25, -0.2) is 13.2 Å². The van der Waals surface area contributed by atoms with E-state index in [0.717, 1.165) is 6.08 Å². The van der Waals surface area contributed by atoms with E-state index in [2.05, 4.69) is 5.32 Å². The van der Waals surface area contributed by atoms with E-state index in [0.29, 0.717) is 13.0 Å². The van der Waals surface area contributed by atoms with Crippen LogP contribution in [0, 0.1) is 0 Å². The van der Waals surface area contributed by atoms with Crippen LogP contribution in [0.5, 0.6) is 0 Å². The number of rotatable bonds is 4. The summed E-state index contributed by atoms with van der Waals surface area (Å²) in [6.45, 7) is 2.21. The van der Waals surface area contributed by atoms with Gasteiger partial charge < -0.3 is 10.4 Å². The molecule has 1 fully saturated rings. The van der Waals surface area contributed by atoms with E-state index in [1.165, 1.54) is 6.08 Å². The molecule has 0 aliphatic carbocycles. The Kier molecular flexibility index (Phi) is 3.51. The lowest BCUT2D eigenvalue weighted by Gasteiger charge is -2.22. The van der Waals surface area contributed by atoms with Crippen molar-refractivity contribution in [3.8, 4) is 0 Å². The Morgan fingerprint density at radius 2 is 2.27 bits per heavy atom. The minimum Gasteiger partial charge on any atom is -0.478 e. The Bertz CT molecular complexity index is 374. The summed E-state index contributed by atoms with van der Waals surface area (Å²) in [5.74, 6) is -0.666. The van der Waals surface area contributed by atoms with Crippen molar-refractivity contribution >= 4 is 15.8 Å². The number of carboxylic acids is 1. The van der Waals surface area contributed by atoms with E-state index in [-0.39, 0.29) is 11.5 Å². The van der Waals surface area contributed by atoms with Crippen LogP contribution in [-0.2, 0) is 14.6 Å². The van der Waals surface area contributed by atoms with E-state index in [1.807, 2.05) is 6.92 Å². The van der Waals surface area contributed by atoms with Crippen LogP contribution >= 0.6 is 0 Å². The van der Waals surface area contributed by atoms with Crippen molar-refractivity contribution in [2.45, 2.75) is 18.9 Å². The van der Waals surface area contributed by atoms with E-state index in [1.54, 1.807) is 0 Å². The third-order valence-electron chi connectivity index (χ3n) is 2.41. The van der Waals surface area contributed by atoms with Crippen LogP contribution in [0.25, 0.3) is 0 Å². The van der Waals surface area contributed by atoms with Gasteiger partial charge >= 0.3 is 5.97 Å². The SMILES string of the molecule is CC1(NC/C=C/C(=O)O)CCS(=O)(=O)C1. The first-order chi connectivity index (χ1) is 6.83. The maximum absolute atomic E-state index is 11.2. The van der Waals surface area contributed by atoms with Crippen molar-refractivity contribution in [3.63, 3.8) is 0 Å². The molecule has 1 atom stereocenters. The van der Waals surface area contributed by atoms with Crippen LogP contribution in [0.2, 0.25) is 0 Å². The van der Waals surface area contributed by atoms with Crippen LogP contribution in [0.15, 0.2) is 12.2 Å². The van der Waals surface area contributed by atoms with Crippen molar-refractivity contribution in [1.29, 1.82) is 0 Å². The largest absolute Gasteiger partial charge is 0.478 e. The molecule has 5 nitrogen and oxygen atoms in total. The van der Waals surface area contributed by atoms with Crippen molar-refractivity contribution in [3.05, 3.63) is 12.2 Å². The van der Waals surface area contributed by atoms with Gasteiger partial charge in [-0.05, 0) is 13.3 Å². The molecule has 0 amide bonds. The average Bonchev–Trinajstić information content (AvgIpc) is 2.35. The van der Waals surface area contributed by atoms with Gasteiger partial charge in [0.1, 0.15) is 0 Å². The van der Waals surface area contributed by atoms with Gasteiger partial charge in [-0.1, -0.05) is 6.08 Å². The molecule has 0 aromatic rings. The van der Waals surface area contributed by atoms with Crippen LogP contribution in [-0.4, -0.2) is 43.1 Å². The highest BCUT2D eigenvalue weighted by Crippen LogP contribution is 2.22. The van der Waals surface area contributed by atoms with Crippen LogP contribution in [0.4, 0.5) is 0 Å².